The first kappa shape index (κ1) is 21.7. The van der Waals surface area contributed by atoms with Gasteiger partial charge in [-0.25, -0.2) is 0 Å². The smallest absolute Gasteiger partial charge is 0.256 e. The van der Waals surface area contributed by atoms with Crippen molar-refractivity contribution in [2.45, 2.75) is 64.9 Å². The third-order valence-corrected chi connectivity index (χ3v) is 5.15. The molecule has 1 aliphatic rings. The lowest BCUT2D eigenvalue weighted by Gasteiger charge is -2.28. The summed E-state index contributed by atoms with van der Waals surface area (Å²) < 4.78 is 11.6. The van der Waals surface area contributed by atoms with Gasteiger partial charge in [0.2, 0.25) is 0 Å². The fraction of sp³-hybridized carbons (Fsp3) is 0.682. The molecule has 152 valence electrons. The number of ether oxygens (including phenoxy) is 2. The highest BCUT2D eigenvalue weighted by atomic mass is 16.5. The second-order valence-electron chi connectivity index (χ2n) is 7.50. The number of anilines is 1. The van der Waals surface area contributed by atoms with Gasteiger partial charge in [-0.1, -0.05) is 19.8 Å². The van der Waals surface area contributed by atoms with E-state index in [1.807, 2.05) is 38.1 Å². The normalized spacial score (nSPS) is 16.9. The highest BCUT2D eigenvalue weighted by Crippen LogP contribution is 2.23. The monoisotopic (exact) mass is 376 g/mol. The minimum atomic E-state index is -0.782. The van der Waals surface area contributed by atoms with Gasteiger partial charge in [-0.3, -0.25) is 4.79 Å². The second-order valence-corrected chi connectivity index (χ2v) is 7.50. The molecule has 1 N–H and O–H groups in total. The standard InChI is InChI=1S/C22H36N2O3/c1-4-6-14-22(3,27-5-2)21(25)23-19-10-12-20(13-11-19)26-18-9-17-24-15-7-8-16-24/h10-13H,4-9,14-18H2,1-3H3,(H,23,25)/t22-/m1/s1. The minimum absolute atomic E-state index is 0.0860. The summed E-state index contributed by atoms with van der Waals surface area (Å²) in [6, 6.07) is 7.60. The van der Waals surface area contributed by atoms with E-state index in [4.69, 9.17) is 9.47 Å². The Kier molecular flexibility index (Phi) is 9.08. The van der Waals surface area contributed by atoms with Gasteiger partial charge < -0.3 is 19.7 Å². The Morgan fingerprint density at radius 1 is 1.15 bits per heavy atom. The highest BCUT2D eigenvalue weighted by molar-refractivity contribution is 5.97. The molecule has 1 atom stereocenters. The molecule has 27 heavy (non-hydrogen) atoms. The molecular weight excluding hydrogens is 340 g/mol. The topological polar surface area (TPSA) is 50.8 Å². The van der Waals surface area contributed by atoms with E-state index in [0.29, 0.717) is 6.61 Å². The van der Waals surface area contributed by atoms with E-state index in [-0.39, 0.29) is 5.91 Å². The Balaban J connectivity index is 1.78. The number of rotatable bonds is 12. The number of nitrogens with one attached hydrogen (secondary N) is 1. The first-order valence-corrected chi connectivity index (χ1v) is 10.5. The highest BCUT2D eigenvalue weighted by Gasteiger charge is 2.33. The Morgan fingerprint density at radius 3 is 2.48 bits per heavy atom. The predicted octanol–water partition coefficient (Wildman–Crippen LogP) is 4.48. The number of likely N-dealkylation sites (tertiary alicyclic amines) is 1. The lowest BCUT2D eigenvalue weighted by Crippen LogP contribution is -2.42. The largest absolute Gasteiger partial charge is 0.494 e. The van der Waals surface area contributed by atoms with Crippen LogP contribution < -0.4 is 10.1 Å². The molecule has 0 spiro atoms. The maximum absolute atomic E-state index is 12.7. The van der Waals surface area contributed by atoms with Gasteiger partial charge in [-0.15, -0.1) is 0 Å². The summed E-state index contributed by atoms with van der Waals surface area (Å²) >= 11 is 0. The zero-order valence-corrected chi connectivity index (χ0v) is 17.3. The summed E-state index contributed by atoms with van der Waals surface area (Å²) in [7, 11) is 0. The van der Waals surface area contributed by atoms with Gasteiger partial charge >= 0.3 is 0 Å². The maximum atomic E-state index is 12.7. The molecular formula is C22H36N2O3. The zero-order valence-electron chi connectivity index (χ0n) is 17.3. The summed E-state index contributed by atoms with van der Waals surface area (Å²) in [4.78, 5) is 15.2. The van der Waals surface area contributed by atoms with Gasteiger partial charge in [0.25, 0.3) is 5.91 Å². The molecule has 0 bridgehead atoms. The van der Waals surface area contributed by atoms with Gasteiger partial charge in [0.15, 0.2) is 0 Å². The van der Waals surface area contributed by atoms with Crippen LogP contribution in [0.5, 0.6) is 5.75 Å². The lowest BCUT2D eigenvalue weighted by atomic mass is 9.97. The van der Waals surface area contributed by atoms with Gasteiger partial charge in [0.05, 0.1) is 6.61 Å². The number of benzene rings is 1. The molecule has 1 aromatic rings. The predicted molar refractivity (Wildman–Crippen MR) is 110 cm³/mol. The molecule has 5 nitrogen and oxygen atoms in total. The summed E-state index contributed by atoms with van der Waals surface area (Å²) in [5, 5.41) is 2.98. The average molecular weight is 377 g/mol. The number of amides is 1. The maximum Gasteiger partial charge on any atom is 0.256 e. The van der Waals surface area contributed by atoms with Crippen LogP contribution >= 0.6 is 0 Å². The summed E-state index contributed by atoms with van der Waals surface area (Å²) in [6.07, 6.45) is 6.43. The lowest BCUT2D eigenvalue weighted by molar-refractivity contribution is -0.139. The van der Waals surface area contributed by atoms with E-state index >= 15 is 0 Å². The van der Waals surface area contributed by atoms with Crippen molar-refractivity contribution in [3.8, 4) is 5.75 Å². The first-order valence-electron chi connectivity index (χ1n) is 10.5. The van der Waals surface area contributed by atoms with Gasteiger partial charge in [0, 0.05) is 18.8 Å². The summed E-state index contributed by atoms with van der Waals surface area (Å²) in [5.41, 5.74) is -0.0120. The fourth-order valence-corrected chi connectivity index (χ4v) is 3.47. The van der Waals surface area contributed by atoms with Crippen molar-refractivity contribution in [2.24, 2.45) is 0 Å². The molecule has 0 unspecified atom stereocenters. The average Bonchev–Trinajstić information content (AvgIpc) is 3.18. The third kappa shape index (κ3) is 7.15. The van der Waals surface area contributed by atoms with Crippen LogP contribution in [-0.4, -0.2) is 49.3 Å². The molecule has 1 saturated heterocycles. The van der Waals surface area contributed by atoms with Crippen molar-refractivity contribution in [1.29, 1.82) is 0 Å². The number of nitrogens with zero attached hydrogens (tertiary/aromatic N) is 1. The Morgan fingerprint density at radius 2 is 1.85 bits per heavy atom. The molecule has 0 radical (unpaired) electrons. The van der Waals surface area contributed by atoms with Gasteiger partial charge in [-0.05, 0) is 76.9 Å². The molecule has 1 heterocycles. The van der Waals surface area contributed by atoms with Gasteiger partial charge in [0.1, 0.15) is 11.4 Å². The minimum Gasteiger partial charge on any atom is -0.494 e. The SMILES string of the molecule is CCCC[C@@](C)(OCC)C(=O)Nc1ccc(OCCCN2CCCC2)cc1. The Hall–Kier alpha value is -1.59. The number of hydrogen-bond acceptors (Lipinski definition) is 4. The summed E-state index contributed by atoms with van der Waals surface area (Å²) in [5.74, 6) is 0.755. The van der Waals surface area contributed by atoms with Crippen molar-refractivity contribution in [1.82, 2.24) is 4.90 Å². The number of carbonyl (C=O) groups excluding carboxylic acids is 1. The van der Waals surface area contributed by atoms with Crippen LogP contribution in [0.2, 0.25) is 0 Å². The number of hydrogen-bond donors (Lipinski definition) is 1. The van der Waals surface area contributed by atoms with E-state index in [9.17, 15) is 4.79 Å². The molecule has 5 heteroatoms. The molecule has 2 rings (SSSR count). The molecule has 1 aromatic carbocycles. The van der Waals surface area contributed by atoms with E-state index in [2.05, 4.69) is 17.1 Å². The quantitative estimate of drug-likeness (QED) is 0.547. The molecule has 1 aliphatic heterocycles. The van der Waals surface area contributed by atoms with E-state index in [1.54, 1.807) is 0 Å². The van der Waals surface area contributed by atoms with Crippen LogP contribution in [0.4, 0.5) is 5.69 Å². The van der Waals surface area contributed by atoms with Crippen molar-refractivity contribution in [3.63, 3.8) is 0 Å². The van der Waals surface area contributed by atoms with Crippen LogP contribution in [0.25, 0.3) is 0 Å². The molecule has 1 amide bonds. The van der Waals surface area contributed by atoms with Crippen molar-refractivity contribution in [3.05, 3.63) is 24.3 Å². The summed E-state index contributed by atoms with van der Waals surface area (Å²) in [6.45, 7) is 10.7. The zero-order chi connectivity index (χ0) is 19.5. The van der Waals surface area contributed by atoms with E-state index in [1.165, 1.54) is 25.9 Å². The molecule has 1 fully saturated rings. The Bertz CT molecular complexity index is 555. The van der Waals surface area contributed by atoms with E-state index < -0.39 is 5.60 Å². The Labute approximate surface area is 164 Å². The van der Waals surface area contributed by atoms with Crippen LogP contribution in [-0.2, 0) is 9.53 Å². The van der Waals surface area contributed by atoms with Crippen molar-refractivity contribution >= 4 is 11.6 Å². The van der Waals surface area contributed by atoms with Crippen LogP contribution in [0.3, 0.4) is 0 Å². The van der Waals surface area contributed by atoms with Crippen LogP contribution in [0, 0.1) is 0 Å². The van der Waals surface area contributed by atoms with E-state index in [0.717, 1.165) is 50.3 Å². The van der Waals surface area contributed by atoms with Gasteiger partial charge in [-0.2, -0.15) is 0 Å². The fourth-order valence-electron chi connectivity index (χ4n) is 3.47. The first-order chi connectivity index (χ1) is 13.1. The van der Waals surface area contributed by atoms with Crippen molar-refractivity contribution in [2.75, 3.05) is 38.2 Å². The molecule has 0 aromatic heterocycles. The molecule has 0 saturated carbocycles. The number of unbranched alkanes of at least 4 members (excludes halogenated alkanes) is 1. The number of carbonyl (C=O) groups is 1. The second kappa shape index (κ2) is 11.3. The van der Waals surface area contributed by atoms with Crippen molar-refractivity contribution < 1.29 is 14.3 Å². The molecule has 0 aliphatic carbocycles. The third-order valence-electron chi connectivity index (χ3n) is 5.15. The van der Waals surface area contributed by atoms with Crippen LogP contribution in [0.1, 0.15) is 59.3 Å². The van der Waals surface area contributed by atoms with Crippen LogP contribution in [0.15, 0.2) is 24.3 Å².